The molecule has 2 saturated heterocycles. The second-order valence-corrected chi connectivity index (χ2v) is 8.69. The summed E-state index contributed by atoms with van der Waals surface area (Å²) >= 11 is 0. The number of alkyl halides is 1. The standard InChI is InChI=1S/C15H28FN3O3S/c1-2-23(21,22)19-9-3-5-13(11-19)15(20)17-14-6-4-8-18(12-14)10-7-16/h13-14H,2-12H2,1H3,(H,17,20). The predicted octanol–water partition coefficient (Wildman–Crippen LogP) is 0.598. The molecule has 2 fully saturated rings. The minimum Gasteiger partial charge on any atom is -0.352 e. The maximum Gasteiger partial charge on any atom is 0.224 e. The normalized spacial score (nSPS) is 27.7. The Morgan fingerprint density at radius 2 is 1.96 bits per heavy atom. The van der Waals surface area contributed by atoms with Gasteiger partial charge in [-0.1, -0.05) is 0 Å². The molecule has 23 heavy (non-hydrogen) atoms. The number of nitrogens with one attached hydrogen (secondary N) is 1. The maximum absolute atomic E-state index is 12.5. The largest absolute Gasteiger partial charge is 0.352 e. The fourth-order valence-corrected chi connectivity index (χ4v) is 4.59. The van der Waals surface area contributed by atoms with Gasteiger partial charge in [0.1, 0.15) is 6.67 Å². The zero-order valence-corrected chi connectivity index (χ0v) is 14.7. The van der Waals surface area contributed by atoms with Crippen LogP contribution >= 0.6 is 0 Å². The monoisotopic (exact) mass is 349 g/mol. The fourth-order valence-electron chi connectivity index (χ4n) is 3.41. The number of carbonyl (C=O) groups excluding carboxylic acids is 1. The first-order valence-corrected chi connectivity index (χ1v) is 10.1. The molecule has 0 radical (unpaired) electrons. The molecule has 0 spiro atoms. The Bertz CT molecular complexity index is 498. The second-order valence-electron chi connectivity index (χ2n) is 6.44. The van der Waals surface area contributed by atoms with Gasteiger partial charge in [-0.3, -0.25) is 9.69 Å². The number of halogens is 1. The average Bonchev–Trinajstić information content (AvgIpc) is 2.55. The Morgan fingerprint density at radius 1 is 1.22 bits per heavy atom. The lowest BCUT2D eigenvalue weighted by atomic mass is 9.97. The van der Waals surface area contributed by atoms with Crippen molar-refractivity contribution in [2.24, 2.45) is 5.92 Å². The lowest BCUT2D eigenvalue weighted by Gasteiger charge is -2.35. The Labute approximate surface area is 138 Å². The summed E-state index contributed by atoms with van der Waals surface area (Å²) in [6, 6.07) is 0.0426. The van der Waals surface area contributed by atoms with Crippen molar-refractivity contribution >= 4 is 15.9 Å². The SMILES string of the molecule is CCS(=O)(=O)N1CCCC(C(=O)NC2CCCN(CCF)C2)C1. The van der Waals surface area contributed by atoms with E-state index < -0.39 is 10.0 Å². The summed E-state index contributed by atoms with van der Waals surface area (Å²) in [5.41, 5.74) is 0. The zero-order valence-electron chi connectivity index (χ0n) is 13.8. The van der Waals surface area contributed by atoms with Gasteiger partial charge in [0.2, 0.25) is 15.9 Å². The zero-order chi connectivity index (χ0) is 16.9. The van der Waals surface area contributed by atoms with E-state index in [-0.39, 0.29) is 36.8 Å². The summed E-state index contributed by atoms with van der Waals surface area (Å²) in [7, 11) is -3.23. The summed E-state index contributed by atoms with van der Waals surface area (Å²) in [6.45, 7) is 4.02. The molecule has 6 nitrogen and oxygen atoms in total. The van der Waals surface area contributed by atoms with E-state index in [1.54, 1.807) is 6.92 Å². The lowest BCUT2D eigenvalue weighted by molar-refractivity contribution is -0.127. The van der Waals surface area contributed by atoms with E-state index in [2.05, 4.69) is 5.32 Å². The Morgan fingerprint density at radius 3 is 2.65 bits per heavy atom. The number of piperidine rings is 2. The highest BCUT2D eigenvalue weighted by molar-refractivity contribution is 7.89. The van der Waals surface area contributed by atoms with Gasteiger partial charge in [0.25, 0.3) is 0 Å². The fraction of sp³-hybridized carbons (Fsp3) is 0.933. The molecule has 2 atom stereocenters. The molecule has 8 heteroatoms. The number of nitrogens with zero attached hydrogens (tertiary/aromatic N) is 2. The number of rotatable bonds is 6. The van der Waals surface area contributed by atoms with Gasteiger partial charge in [-0.15, -0.1) is 0 Å². The van der Waals surface area contributed by atoms with Crippen molar-refractivity contribution in [1.82, 2.24) is 14.5 Å². The number of likely N-dealkylation sites (tertiary alicyclic amines) is 1. The van der Waals surface area contributed by atoms with Crippen molar-refractivity contribution in [2.75, 3.05) is 45.2 Å². The van der Waals surface area contributed by atoms with Crippen LogP contribution in [0.4, 0.5) is 4.39 Å². The number of sulfonamides is 1. The molecule has 0 aromatic rings. The van der Waals surface area contributed by atoms with Crippen LogP contribution in [0.15, 0.2) is 0 Å². The maximum atomic E-state index is 12.5. The van der Waals surface area contributed by atoms with Crippen LogP contribution in [0.25, 0.3) is 0 Å². The summed E-state index contributed by atoms with van der Waals surface area (Å²) in [4.78, 5) is 14.5. The van der Waals surface area contributed by atoms with Crippen LogP contribution in [0.2, 0.25) is 0 Å². The van der Waals surface area contributed by atoms with Crippen LogP contribution in [0, 0.1) is 5.92 Å². The molecule has 0 aromatic carbocycles. The van der Waals surface area contributed by atoms with Crippen molar-refractivity contribution in [3.63, 3.8) is 0 Å². The minimum absolute atomic E-state index is 0.0426. The summed E-state index contributed by atoms with van der Waals surface area (Å²) in [5, 5.41) is 3.04. The molecule has 2 heterocycles. The highest BCUT2D eigenvalue weighted by atomic mass is 32.2. The Kier molecular flexibility index (Phi) is 6.79. The van der Waals surface area contributed by atoms with Gasteiger partial charge in [-0.05, 0) is 39.2 Å². The van der Waals surface area contributed by atoms with E-state index in [1.807, 2.05) is 4.90 Å². The third kappa shape index (κ3) is 5.12. The van der Waals surface area contributed by atoms with Gasteiger partial charge in [-0.25, -0.2) is 17.1 Å². The van der Waals surface area contributed by atoms with Crippen molar-refractivity contribution in [3.8, 4) is 0 Å². The number of hydrogen-bond acceptors (Lipinski definition) is 4. The number of hydrogen-bond donors (Lipinski definition) is 1. The highest BCUT2D eigenvalue weighted by Gasteiger charge is 2.32. The van der Waals surface area contributed by atoms with Gasteiger partial charge in [0, 0.05) is 32.2 Å². The second kappa shape index (κ2) is 8.39. The van der Waals surface area contributed by atoms with E-state index in [9.17, 15) is 17.6 Å². The average molecular weight is 349 g/mol. The molecule has 2 rings (SSSR count). The molecule has 134 valence electrons. The van der Waals surface area contributed by atoms with E-state index in [0.29, 0.717) is 19.6 Å². The number of amides is 1. The van der Waals surface area contributed by atoms with E-state index >= 15 is 0 Å². The van der Waals surface area contributed by atoms with Crippen LogP contribution in [0.1, 0.15) is 32.6 Å². The van der Waals surface area contributed by atoms with Gasteiger partial charge in [-0.2, -0.15) is 0 Å². The molecule has 0 bridgehead atoms. The molecule has 0 aromatic heterocycles. The van der Waals surface area contributed by atoms with Crippen LogP contribution in [-0.2, 0) is 14.8 Å². The van der Waals surface area contributed by atoms with Crippen LogP contribution in [0.5, 0.6) is 0 Å². The molecule has 1 N–H and O–H groups in total. The summed E-state index contributed by atoms with van der Waals surface area (Å²) < 4.78 is 37.9. The first-order valence-electron chi connectivity index (χ1n) is 8.52. The van der Waals surface area contributed by atoms with Crippen molar-refractivity contribution in [1.29, 1.82) is 0 Å². The van der Waals surface area contributed by atoms with Gasteiger partial charge >= 0.3 is 0 Å². The van der Waals surface area contributed by atoms with E-state index in [0.717, 1.165) is 32.2 Å². The predicted molar refractivity (Wildman–Crippen MR) is 87.3 cm³/mol. The minimum atomic E-state index is -3.23. The Balaban J connectivity index is 1.87. The third-order valence-electron chi connectivity index (χ3n) is 4.77. The molecule has 0 saturated carbocycles. The van der Waals surface area contributed by atoms with Gasteiger partial charge in [0.05, 0.1) is 11.7 Å². The number of carbonyl (C=O) groups is 1. The smallest absolute Gasteiger partial charge is 0.224 e. The molecular formula is C15H28FN3O3S. The van der Waals surface area contributed by atoms with Crippen LogP contribution in [-0.4, -0.2) is 74.7 Å². The Hall–Kier alpha value is -0.730. The van der Waals surface area contributed by atoms with E-state index in [4.69, 9.17) is 0 Å². The molecule has 1 amide bonds. The molecular weight excluding hydrogens is 321 g/mol. The summed E-state index contributed by atoms with van der Waals surface area (Å²) in [5.74, 6) is -0.267. The van der Waals surface area contributed by atoms with Crippen molar-refractivity contribution in [3.05, 3.63) is 0 Å². The molecule has 2 aliphatic rings. The van der Waals surface area contributed by atoms with Gasteiger partial charge < -0.3 is 5.32 Å². The molecule has 0 aliphatic carbocycles. The lowest BCUT2D eigenvalue weighted by Crippen LogP contribution is -2.52. The first-order chi connectivity index (χ1) is 11.0. The third-order valence-corrected chi connectivity index (χ3v) is 6.61. The summed E-state index contributed by atoms with van der Waals surface area (Å²) in [6.07, 6.45) is 3.29. The van der Waals surface area contributed by atoms with Crippen molar-refractivity contribution < 1.29 is 17.6 Å². The quantitative estimate of drug-likeness (QED) is 0.762. The van der Waals surface area contributed by atoms with Crippen LogP contribution < -0.4 is 5.32 Å². The van der Waals surface area contributed by atoms with Crippen LogP contribution in [0.3, 0.4) is 0 Å². The van der Waals surface area contributed by atoms with E-state index in [1.165, 1.54) is 4.31 Å². The molecule has 2 aliphatic heterocycles. The van der Waals surface area contributed by atoms with Gasteiger partial charge in [0.15, 0.2) is 0 Å². The highest BCUT2D eigenvalue weighted by Crippen LogP contribution is 2.20. The molecule has 2 unspecified atom stereocenters. The first kappa shape index (κ1) is 18.6. The topological polar surface area (TPSA) is 69.7 Å². The van der Waals surface area contributed by atoms with Crippen molar-refractivity contribution in [2.45, 2.75) is 38.6 Å².